The standard InChI is InChI=1S/C17H18N6O4/c1-17(11-7-20-21(2)8-11)9-22(3-4-27-17)14-6-13-12(5-15(14)23(25)26)16(24)19-10-18-13/h5-8,10H,3-4,9H2,1-2H3,(H,18,19,24). The first kappa shape index (κ1) is 17.2. The van der Waals surface area contributed by atoms with Gasteiger partial charge in [0.25, 0.3) is 11.2 Å². The Kier molecular flexibility index (Phi) is 3.92. The summed E-state index contributed by atoms with van der Waals surface area (Å²) in [5, 5.41) is 16.0. The molecule has 1 N–H and O–H groups in total. The molecule has 1 saturated heterocycles. The molecule has 0 radical (unpaired) electrons. The number of morpholine rings is 1. The SMILES string of the molecule is Cn1cc(C2(C)CN(c3cc4nc[nH]c(=O)c4cc3[N+](=O)[O-])CCO2)cn1. The van der Waals surface area contributed by atoms with Gasteiger partial charge in [-0.2, -0.15) is 5.10 Å². The van der Waals surface area contributed by atoms with Crippen molar-refractivity contribution in [2.45, 2.75) is 12.5 Å². The van der Waals surface area contributed by atoms with Crippen LogP contribution in [0.4, 0.5) is 11.4 Å². The molecule has 3 aromatic rings. The van der Waals surface area contributed by atoms with Crippen LogP contribution in [-0.4, -0.2) is 44.4 Å². The Labute approximate surface area is 153 Å². The second kappa shape index (κ2) is 6.16. The lowest BCUT2D eigenvalue weighted by atomic mass is 9.96. The average molecular weight is 370 g/mol. The molecule has 0 saturated carbocycles. The van der Waals surface area contributed by atoms with Crippen LogP contribution in [0.3, 0.4) is 0 Å². The molecule has 2 aromatic heterocycles. The zero-order chi connectivity index (χ0) is 19.2. The molecule has 10 heteroatoms. The summed E-state index contributed by atoms with van der Waals surface area (Å²) < 4.78 is 7.68. The lowest BCUT2D eigenvalue weighted by Gasteiger charge is -2.41. The Bertz CT molecular complexity index is 1090. The molecule has 1 unspecified atom stereocenters. The molecular formula is C17H18N6O4. The predicted molar refractivity (Wildman–Crippen MR) is 97.7 cm³/mol. The number of ether oxygens (including phenoxy) is 1. The third kappa shape index (κ3) is 2.93. The van der Waals surface area contributed by atoms with E-state index >= 15 is 0 Å². The molecule has 1 aliphatic heterocycles. The molecule has 1 aromatic carbocycles. The van der Waals surface area contributed by atoms with E-state index in [0.29, 0.717) is 30.9 Å². The van der Waals surface area contributed by atoms with Crippen LogP contribution in [0.5, 0.6) is 0 Å². The van der Waals surface area contributed by atoms with Crippen molar-refractivity contribution in [2.75, 3.05) is 24.6 Å². The Morgan fingerprint density at radius 1 is 1.41 bits per heavy atom. The minimum absolute atomic E-state index is 0.128. The number of aryl methyl sites for hydroxylation is 1. The molecule has 0 bridgehead atoms. The van der Waals surface area contributed by atoms with Crippen molar-refractivity contribution in [1.29, 1.82) is 0 Å². The number of rotatable bonds is 3. The number of hydrogen-bond acceptors (Lipinski definition) is 7. The zero-order valence-electron chi connectivity index (χ0n) is 14.9. The van der Waals surface area contributed by atoms with Crippen molar-refractivity contribution in [3.8, 4) is 0 Å². The molecule has 10 nitrogen and oxygen atoms in total. The molecular weight excluding hydrogens is 352 g/mol. The molecule has 140 valence electrons. The highest BCUT2D eigenvalue weighted by Crippen LogP contribution is 2.36. The molecule has 0 spiro atoms. The number of nitrogens with zero attached hydrogens (tertiary/aromatic N) is 5. The summed E-state index contributed by atoms with van der Waals surface area (Å²) in [5.74, 6) is 0. The summed E-state index contributed by atoms with van der Waals surface area (Å²) in [7, 11) is 1.82. The summed E-state index contributed by atoms with van der Waals surface area (Å²) in [6.45, 7) is 3.25. The zero-order valence-corrected chi connectivity index (χ0v) is 14.9. The first-order chi connectivity index (χ1) is 12.9. The first-order valence-electron chi connectivity index (χ1n) is 8.41. The molecule has 4 rings (SSSR count). The van der Waals surface area contributed by atoms with Gasteiger partial charge in [0.1, 0.15) is 11.3 Å². The fraction of sp³-hybridized carbons (Fsp3) is 0.353. The quantitative estimate of drug-likeness (QED) is 0.545. The molecule has 3 heterocycles. The Hall–Kier alpha value is -3.27. The van der Waals surface area contributed by atoms with Crippen molar-refractivity contribution < 1.29 is 9.66 Å². The second-order valence-electron chi connectivity index (χ2n) is 6.75. The van der Waals surface area contributed by atoms with E-state index in [1.807, 2.05) is 25.1 Å². The van der Waals surface area contributed by atoms with Gasteiger partial charge in [-0.1, -0.05) is 0 Å². The maximum atomic E-state index is 12.0. The molecule has 1 fully saturated rings. The van der Waals surface area contributed by atoms with Crippen LogP contribution in [0, 0.1) is 10.1 Å². The molecule has 27 heavy (non-hydrogen) atoms. The van der Waals surface area contributed by atoms with E-state index in [4.69, 9.17) is 4.74 Å². The van der Waals surface area contributed by atoms with Crippen LogP contribution >= 0.6 is 0 Å². The highest BCUT2D eigenvalue weighted by Gasteiger charge is 2.37. The minimum atomic E-state index is -0.656. The number of aromatic nitrogens is 4. The lowest BCUT2D eigenvalue weighted by Crippen LogP contribution is -2.48. The van der Waals surface area contributed by atoms with Crippen molar-refractivity contribution in [1.82, 2.24) is 19.7 Å². The molecule has 0 amide bonds. The maximum absolute atomic E-state index is 12.0. The van der Waals surface area contributed by atoms with Crippen LogP contribution in [0.2, 0.25) is 0 Å². The number of nitro benzene ring substituents is 1. The summed E-state index contributed by atoms with van der Waals surface area (Å²) in [4.78, 5) is 31.6. The van der Waals surface area contributed by atoms with Crippen LogP contribution in [-0.2, 0) is 17.4 Å². The monoisotopic (exact) mass is 370 g/mol. The topological polar surface area (TPSA) is 119 Å². The molecule has 1 atom stereocenters. The third-order valence-corrected chi connectivity index (χ3v) is 4.86. The van der Waals surface area contributed by atoms with Gasteiger partial charge in [-0.25, -0.2) is 4.98 Å². The van der Waals surface area contributed by atoms with E-state index in [1.54, 1.807) is 16.9 Å². The Morgan fingerprint density at radius 2 is 2.22 bits per heavy atom. The molecule has 1 aliphatic rings. The van der Waals surface area contributed by atoms with E-state index in [-0.39, 0.29) is 11.1 Å². The van der Waals surface area contributed by atoms with Crippen molar-refractivity contribution in [3.05, 3.63) is 56.9 Å². The number of benzene rings is 1. The van der Waals surface area contributed by atoms with Crippen molar-refractivity contribution in [2.24, 2.45) is 7.05 Å². The molecule has 0 aliphatic carbocycles. The number of nitro groups is 1. The summed E-state index contributed by atoms with van der Waals surface area (Å²) in [6.07, 6.45) is 4.90. The van der Waals surface area contributed by atoms with Crippen molar-refractivity contribution in [3.63, 3.8) is 0 Å². The number of nitrogens with one attached hydrogen (secondary N) is 1. The smallest absolute Gasteiger partial charge is 0.293 e. The van der Waals surface area contributed by atoms with Crippen molar-refractivity contribution >= 4 is 22.3 Å². The van der Waals surface area contributed by atoms with Gasteiger partial charge in [0.2, 0.25) is 0 Å². The number of anilines is 1. The van der Waals surface area contributed by atoms with Gasteiger partial charge in [-0.3, -0.25) is 19.6 Å². The van der Waals surface area contributed by atoms with Crippen LogP contribution in [0.1, 0.15) is 12.5 Å². The lowest BCUT2D eigenvalue weighted by molar-refractivity contribution is -0.384. The van der Waals surface area contributed by atoms with Crippen LogP contribution < -0.4 is 10.5 Å². The van der Waals surface area contributed by atoms with E-state index in [1.165, 1.54) is 12.4 Å². The van der Waals surface area contributed by atoms with Gasteiger partial charge in [0, 0.05) is 31.4 Å². The summed E-state index contributed by atoms with van der Waals surface area (Å²) in [6, 6.07) is 2.88. The van der Waals surface area contributed by atoms with Gasteiger partial charge in [0.15, 0.2) is 0 Å². The van der Waals surface area contributed by atoms with E-state index in [2.05, 4.69) is 15.1 Å². The maximum Gasteiger partial charge on any atom is 0.293 e. The average Bonchev–Trinajstić information content (AvgIpc) is 3.08. The van der Waals surface area contributed by atoms with Crippen LogP contribution in [0.25, 0.3) is 10.9 Å². The van der Waals surface area contributed by atoms with Gasteiger partial charge in [-0.15, -0.1) is 0 Å². The fourth-order valence-corrected chi connectivity index (χ4v) is 3.44. The summed E-state index contributed by atoms with van der Waals surface area (Å²) in [5.41, 5.74) is 0.538. The Morgan fingerprint density at radius 3 is 2.93 bits per heavy atom. The largest absolute Gasteiger partial charge is 0.367 e. The number of fused-ring (bicyclic) bond motifs is 1. The van der Waals surface area contributed by atoms with Gasteiger partial charge in [0.05, 0.1) is 41.5 Å². The summed E-state index contributed by atoms with van der Waals surface area (Å²) >= 11 is 0. The third-order valence-electron chi connectivity index (χ3n) is 4.86. The Balaban J connectivity index is 1.80. The highest BCUT2D eigenvalue weighted by molar-refractivity contribution is 5.87. The van der Waals surface area contributed by atoms with Gasteiger partial charge < -0.3 is 14.6 Å². The van der Waals surface area contributed by atoms with E-state index in [9.17, 15) is 14.9 Å². The highest BCUT2D eigenvalue weighted by atomic mass is 16.6. The second-order valence-corrected chi connectivity index (χ2v) is 6.75. The number of aromatic amines is 1. The fourth-order valence-electron chi connectivity index (χ4n) is 3.44. The predicted octanol–water partition coefficient (Wildman–Crippen LogP) is 1.32. The first-order valence-corrected chi connectivity index (χ1v) is 8.41. The normalized spacial score (nSPS) is 20.1. The number of hydrogen-bond donors (Lipinski definition) is 1. The van der Waals surface area contributed by atoms with Gasteiger partial charge >= 0.3 is 0 Å². The number of H-pyrrole nitrogens is 1. The van der Waals surface area contributed by atoms with E-state index < -0.39 is 16.1 Å². The minimum Gasteiger partial charge on any atom is -0.367 e. The van der Waals surface area contributed by atoms with Gasteiger partial charge in [-0.05, 0) is 13.0 Å². The van der Waals surface area contributed by atoms with Crippen LogP contribution in [0.15, 0.2) is 35.6 Å². The van der Waals surface area contributed by atoms with E-state index in [0.717, 1.165) is 5.56 Å².